The lowest BCUT2D eigenvalue weighted by molar-refractivity contribution is 0.162. The zero-order valence-electron chi connectivity index (χ0n) is 17.3. The zero-order valence-corrected chi connectivity index (χ0v) is 17.3. The monoisotopic (exact) mass is 379 g/mol. The van der Waals surface area contributed by atoms with Crippen molar-refractivity contribution in [2.75, 3.05) is 45.8 Å². The van der Waals surface area contributed by atoms with Crippen LogP contribution in [0.3, 0.4) is 0 Å². The lowest BCUT2D eigenvalue weighted by Crippen LogP contribution is -2.59. The summed E-state index contributed by atoms with van der Waals surface area (Å²) in [5.41, 5.74) is 2.88. The lowest BCUT2D eigenvalue weighted by Gasteiger charge is -2.40. The van der Waals surface area contributed by atoms with Gasteiger partial charge in [-0.05, 0) is 31.5 Å². The summed E-state index contributed by atoms with van der Waals surface area (Å²) in [6, 6.07) is 23.6. The average molecular weight is 380 g/mol. The second-order valence-electron chi connectivity index (χ2n) is 8.60. The molecule has 2 heterocycles. The molecule has 2 saturated heterocycles. The van der Waals surface area contributed by atoms with E-state index in [0.717, 1.165) is 50.3 Å². The maximum Gasteiger partial charge on any atom is 0.132 e. The van der Waals surface area contributed by atoms with E-state index in [0.29, 0.717) is 18.1 Å². The molecule has 2 aromatic carbocycles. The molecule has 0 aliphatic carbocycles. The Labute approximate surface area is 170 Å². The first-order valence-electron chi connectivity index (χ1n) is 10.9. The van der Waals surface area contributed by atoms with E-state index in [2.05, 4.69) is 90.0 Å². The maximum absolute atomic E-state index is 3.88. The Balaban J connectivity index is 1.72. The van der Waals surface area contributed by atoms with Gasteiger partial charge in [0.25, 0.3) is 0 Å². The maximum atomic E-state index is 3.88. The molecule has 2 bridgehead atoms. The van der Waals surface area contributed by atoms with Crippen molar-refractivity contribution >= 4 is 5.69 Å². The van der Waals surface area contributed by atoms with Crippen molar-refractivity contribution in [2.45, 2.75) is 32.0 Å². The highest BCUT2D eigenvalue weighted by atomic mass is 15.4. The molecule has 5 unspecified atom stereocenters. The molecule has 0 spiro atoms. The molecular formula is C24H35N4+. The first kappa shape index (κ1) is 19.6. The van der Waals surface area contributed by atoms with Crippen LogP contribution in [0.2, 0.25) is 0 Å². The number of quaternary nitrogens is 1. The van der Waals surface area contributed by atoms with Gasteiger partial charge in [0.1, 0.15) is 5.69 Å². The second kappa shape index (κ2) is 8.75. The van der Waals surface area contributed by atoms with Gasteiger partial charge < -0.3 is 10.6 Å². The lowest BCUT2D eigenvalue weighted by atomic mass is 9.98. The van der Waals surface area contributed by atoms with Gasteiger partial charge in [0.15, 0.2) is 0 Å². The van der Waals surface area contributed by atoms with E-state index in [4.69, 9.17) is 0 Å². The Bertz CT molecular complexity index is 735. The van der Waals surface area contributed by atoms with Crippen molar-refractivity contribution in [3.8, 4) is 0 Å². The number of nitrogens with one attached hydrogen (secondary N) is 2. The number of hydrogen-bond acceptors (Lipinski definition) is 3. The molecule has 2 aliphatic rings. The molecule has 28 heavy (non-hydrogen) atoms. The fourth-order valence-corrected chi connectivity index (χ4v) is 5.24. The van der Waals surface area contributed by atoms with Gasteiger partial charge in [0, 0.05) is 32.2 Å². The minimum absolute atomic E-state index is 0.409. The van der Waals surface area contributed by atoms with Gasteiger partial charge in [0.05, 0.1) is 31.7 Å². The van der Waals surface area contributed by atoms with Gasteiger partial charge in [-0.1, -0.05) is 48.5 Å². The Hall–Kier alpha value is -1.72. The molecule has 4 nitrogen and oxygen atoms in total. The fourth-order valence-electron chi connectivity index (χ4n) is 5.24. The summed E-state index contributed by atoms with van der Waals surface area (Å²) < 4.78 is 1.05. The number of rotatable bonds is 2. The van der Waals surface area contributed by atoms with Gasteiger partial charge in [-0.2, -0.15) is 0 Å². The molecule has 4 heteroatoms. The van der Waals surface area contributed by atoms with E-state index >= 15 is 0 Å². The molecule has 0 amide bonds. The minimum atomic E-state index is 0.409. The third-order valence-electron chi connectivity index (χ3n) is 6.65. The normalized spacial score (nSPS) is 34.4. The van der Waals surface area contributed by atoms with Crippen LogP contribution in [0, 0.1) is 0 Å². The van der Waals surface area contributed by atoms with Crippen LogP contribution in [0.1, 0.15) is 25.5 Å². The van der Waals surface area contributed by atoms with Crippen LogP contribution >= 0.6 is 0 Å². The predicted molar refractivity (Wildman–Crippen MR) is 119 cm³/mol. The Morgan fingerprint density at radius 3 is 2.29 bits per heavy atom. The molecule has 2 aliphatic heterocycles. The van der Waals surface area contributed by atoms with Crippen molar-refractivity contribution in [2.24, 2.45) is 0 Å². The SMILES string of the molecule is CC1C[N+]2(c3ccccc3)CCNC(C)C(c3ccccc3)N(CCN1)CC2. The van der Waals surface area contributed by atoms with Crippen LogP contribution in [0.15, 0.2) is 60.7 Å². The molecule has 2 N–H and O–H groups in total. The van der Waals surface area contributed by atoms with Gasteiger partial charge in [-0.25, -0.2) is 0 Å². The molecule has 0 radical (unpaired) electrons. The number of benzene rings is 2. The molecular weight excluding hydrogens is 344 g/mol. The molecule has 0 aromatic heterocycles. The number of fused-ring (bicyclic) bond motifs is 3. The summed E-state index contributed by atoms with van der Waals surface area (Å²) >= 11 is 0. The summed E-state index contributed by atoms with van der Waals surface area (Å²) in [5.74, 6) is 0. The third-order valence-corrected chi connectivity index (χ3v) is 6.65. The van der Waals surface area contributed by atoms with Crippen LogP contribution < -0.4 is 15.1 Å². The highest BCUT2D eigenvalue weighted by molar-refractivity contribution is 5.43. The number of hydrogen-bond donors (Lipinski definition) is 2. The summed E-state index contributed by atoms with van der Waals surface area (Å²) in [6.45, 7) is 12.4. The quantitative estimate of drug-likeness (QED) is 0.786. The topological polar surface area (TPSA) is 27.3 Å². The molecule has 5 atom stereocenters. The largest absolute Gasteiger partial charge is 0.308 e. The van der Waals surface area contributed by atoms with E-state index in [9.17, 15) is 0 Å². The highest BCUT2D eigenvalue weighted by Crippen LogP contribution is 2.29. The van der Waals surface area contributed by atoms with Crippen molar-refractivity contribution in [1.29, 1.82) is 0 Å². The Morgan fingerprint density at radius 2 is 1.54 bits per heavy atom. The smallest absolute Gasteiger partial charge is 0.132 e. The summed E-state index contributed by atoms with van der Waals surface area (Å²) in [4.78, 5) is 2.71. The van der Waals surface area contributed by atoms with Crippen LogP contribution in [0.25, 0.3) is 0 Å². The Kier molecular flexibility index (Phi) is 6.12. The second-order valence-corrected chi connectivity index (χ2v) is 8.60. The van der Waals surface area contributed by atoms with E-state index in [1.54, 1.807) is 0 Å². The third kappa shape index (κ3) is 4.15. The fraction of sp³-hybridized carbons (Fsp3) is 0.500. The minimum Gasteiger partial charge on any atom is -0.308 e. The highest BCUT2D eigenvalue weighted by Gasteiger charge is 2.37. The van der Waals surface area contributed by atoms with Gasteiger partial charge in [-0.15, -0.1) is 0 Å². The van der Waals surface area contributed by atoms with Crippen molar-refractivity contribution < 1.29 is 0 Å². The van der Waals surface area contributed by atoms with E-state index in [1.807, 2.05) is 0 Å². The van der Waals surface area contributed by atoms with Crippen molar-refractivity contribution in [1.82, 2.24) is 20.0 Å². The molecule has 150 valence electrons. The van der Waals surface area contributed by atoms with Gasteiger partial charge in [-0.3, -0.25) is 9.38 Å². The van der Waals surface area contributed by atoms with Crippen LogP contribution in [0.5, 0.6) is 0 Å². The molecule has 2 fully saturated rings. The Morgan fingerprint density at radius 1 is 0.821 bits per heavy atom. The molecule has 2 aromatic rings. The predicted octanol–water partition coefficient (Wildman–Crippen LogP) is 3.02. The van der Waals surface area contributed by atoms with Crippen LogP contribution in [0.4, 0.5) is 5.69 Å². The van der Waals surface area contributed by atoms with Crippen LogP contribution in [-0.2, 0) is 0 Å². The zero-order chi connectivity index (χ0) is 19.4. The first-order chi connectivity index (χ1) is 13.7. The standard InChI is InChI=1S/C24H35N4/c1-20-19-28(23-11-7-4-8-12-23)17-14-26-21(2)24(22-9-5-3-6-10-22)27(16-18-28)15-13-25-20/h3-12,20-21,24-26H,13-19H2,1-2H3/q+1. The van der Waals surface area contributed by atoms with Gasteiger partial charge in [0.2, 0.25) is 0 Å². The first-order valence-corrected chi connectivity index (χ1v) is 10.9. The molecule has 4 rings (SSSR count). The molecule has 0 saturated carbocycles. The van der Waals surface area contributed by atoms with Crippen molar-refractivity contribution in [3.63, 3.8) is 0 Å². The summed E-state index contributed by atoms with van der Waals surface area (Å²) in [5, 5.41) is 7.69. The summed E-state index contributed by atoms with van der Waals surface area (Å²) in [6.07, 6.45) is 0. The van der Waals surface area contributed by atoms with Crippen LogP contribution in [-0.4, -0.2) is 62.8 Å². The van der Waals surface area contributed by atoms with Crippen molar-refractivity contribution in [3.05, 3.63) is 66.2 Å². The average Bonchev–Trinajstić information content (AvgIpc) is 2.84. The van der Waals surface area contributed by atoms with E-state index in [-0.39, 0.29) is 0 Å². The van der Waals surface area contributed by atoms with E-state index in [1.165, 1.54) is 11.3 Å². The number of nitrogens with zero attached hydrogens (tertiary/aromatic N) is 2. The van der Waals surface area contributed by atoms with Gasteiger partial charge >= 0.3 is 0 Å². The van der Waals surface area contributed by atoms with E-state index < -0.39 is 0 Å². The summed E-state index contributed by atoms with van der Waals surface area (Å²) in [7, 11) is 0. The number of para-hydroxylation sites is 1.